The van der Waals surface area contributed by atoms with E-state index in [1.165, 1.54) is 0 Å². The Balaban J connectivity index is 1.82. The van der Waals surface area contributed by atoms with Crippen LogP contribution in [-0.4, -0.2) is 31.1 Å². The van der Waals surface area contributed by atoms with Crippen LogP contribution < -0.4 is 15.5 Å². The molecule has 3 amide bonds. The Hall–Kier alpha value is -1.75. The number of carbonyl (C=O) groups excluding carboxylic acids is 2. The minimum absolute atomic E-state index is 0.0126. The SMILES string of the molecule is CCCCCNC(=O)N[C@H]1CC(=O)N(c2ccc(Cl)cc2)C1. The highest BCUT2D eigenvalue weighted by Crippen LogP contribution is 2.23. The number of amides is 3. The van der Waals surface area contributed by atoms with Crippen LogP contribution in [0.4, 0.5) is 10.5 Å². The Morgan fingerprint density at radius 2 is 2.05 bits per heavy atom. The van der Waals surface area contributed by atoms with Crippen LogP contribution in [0.5, 0.6) is 0 Å². The van der Waals surface area contributed by atoms with Gasteiger partial charge in [-0.15, -0.1) is 0 Å². The number of nitrogens with zero attached hydrogens (tertiary/aromatic N) is 1. The lowest BCUT2D eigenvalue weighted by atomic mass is 10.2. The summed E-state index contributed by atoms with van der Waals surface area (Å²) in [6.45, 7) is 3.28. The Morgan fingerprint density at radius 3 is 2.73 bits per heavy atom. The molecule has 1 aromatic rings. The summed E-state index contributed by atoms with van der Waals surface area (Å²) in [7, 11) is 0. The van der Waals surface area contributed by atoms with Gasteiger partial charge in [-0.2, -0.15) is 0 Å². The molecule has 0 unspecified atom stereocenters. The van der Waals surface area contributed by atoms with Gasteiger partial charge in [-0.1, -0.05) is 31.4 Å². The molecule has 5 nitrogen and oxygen atoms in total. The number of nitrogens with one attached hydrogen (secondary N) is 2. The summed E-state index contributed by atoms with van der Waals surface area (Å²) in [6, 6.07) is 6.78. The third-order valence-corrected chi connectivity index (χ3v) is 3.92. The minimum Gasteiger partial charge on any atom is -0.338 e. The van der Waals surface area contributed by atoms with Crippen LogP contribution in [0.1, 0.15) is 32.6 Å². The summed E-state index contributed by atoms with van der Waals surface area (Å²) in [5.41, 5.74) is 0.807. The molecule has 120 valence electrons. The van der Waals surface area contributed by atoms with Gasteiger partial charge in [0.05, 0.1) is 6.04 Å². The predicted octanol–water partition coefficient (Wildman–Crippen LogP) is 2.93. The molecule has 1 saturated heterocycles. The molecule has 0 aromatic heterocycles. The van der Waals surface area contributed by atoms with Crippen LogP contribution >= 0.6 is 11.6 Å². The maximum absolute atomic E-state index is 12.1. The molecule has 0 bridgehead atoms. The van der Waals surface area contributed by atoms with Crippen molar-refractivity contribution in [2.75, 3.05) is 18.0 Å². The molecule has 0 aliphatic carbocycles. The summed E-state index contributed by atoms with van der Waals surface area (Å²) < 4.78 is 0. The molecule has 1 aliphatic heterocycles. The van der Waals surface area contributed by atoms with Crippen LogP contribution in [0, 0.1) is 0 Å². The lowest BCUT2D eigenvalue weighted by Crippen LogP contribution is -2.43. The van der Waals surface area contributed by atoms with Crippen LogP contribution in [0.3, 0.4) is 0 Å². The van der Waals surface area contributed by atoms with E-state index >= 15 is 0 Å². The predicted molar refractivity (Wildman–Crippen MR) is 88.3 cm³/mol. The third kappa shape index (κ3) is 4.63. The van der Waals surface area contributed by atoms with E-state index in [1.807, 2.05) is 12.1 Å². The van der Waals surface area contributed by atoms with Crippen molar-refractivity contribution in [2.45, 2.75) is 38.6 Å². The zero-order valence-electron chi connectivity index (χ0n) is 12.8. The van der Waals surface area contributed by atoms with Crippen molar-refractivity contribution in [3.05, 3.63) is 29.3 Å². The van der Waals surface area contributed by atoms with E-state index in [4.69, 9.17) is 11.6 Å². The van der Waals surface area contributed by atoms with Crippen molar-refractivity contribution < 1.29 is 9.59 Å². The molecule has 1 aromatic carbocycles. The monoisotopic (exact) mass is 323 g/mol. The lowest BCUT2D eigenvalue weighted by molar-refractivity contribution is -0.117. The first-order valence-corrected chi connectivity index (χ1v) is 8.08. The van der Waals surface area contributed by atoms with E-state index in [9.17, 15) is 9.59 Å². The molecular weight excluding hydrogens is 302 g/mol. The maximum atomic E-state index is 12.1. The molecule has 1 atom stereocenters. The van der Waals surface area contributed by atoms with Gasteiger partial charge in [0.1, 0.15) is 0 Å². The Kier molecular flexibility index (Phi) is 6.07. The average Bonchev–Trinajstić information content (AvgIpc) is 2.85. The third-order valence-electron chi connectivity index (χ3n) is 3.66. The van der Waals surface area contributed by atoms with Gasteiger partial charge in [0.15, 0.2) is 0 Å². The minimum atomic E-state index is -0.202. The van der Waals surface area contributed by atoms with Crippen molar-refractivity contribution >= 4 is 29.2 Å². The van der Waals surface area contributed by atoms with E-state index in [2.05, 4.69) is 17.6 Å². The van der Waals surface area contributed by atoms with Gasteiger partial charge in [-0.3, -0.25) is 4.79 Å². The smallest absolute Gasteiger partial charge is 0.315 e. The Bertz CT molecular complexity index is 519. The number of unbranched alkanes of at least 4 members (excludes halogenated alkanes) is 2. The zero-order chi connectivity index (χ0) is 15.9. The van der Waals surface area contributed by atoms with E-state index in [0.717, 1.165) is 24.9 Å². The molecular formula is C16H22ClN3O2. The lowest BCUT2D eigenvalue weighted by Gasteiger charge is -2.17. The summed E-state index contributed by atoms with van der Waals surface area (Å²) in [5.74, 6) is 0.0126. The molecule has 1 heterocycles. The summed E-state index contributed by atoms with van der Waals surface area (Å²) in [4.78, 5) is 25.5. The largest absolute Gasteiger partial charge is 0.338 e. The van der Waals surface area contributed by atoms with Gasteiger partial charge in [-0.05, 0) is 30.7 Å². The van der Waals surface area contributed by atoms with Gasteiger partial charge in [0, 0.05) is 30.2 Å². The zero-order valence-corrected chi connectivity index (χ0v) is 13.5. The van der Waals surface area contributed by atoms with Gasteiger partial charge < -0.3 is 15.5 Å². The number of carbonyl (C=O) groups is 2. The fraction of sp³-hybridized carbons (Fsp3) is 0.500. The highest BCUT2D eigenvalue weighted by atomic mass is 35.5. The van der Waals surface area contributed by atoms with Crippen molar-refractivity contribution in [1.82, 2.24) is 10.6 Å². The maximum Gasteiger partial charge on any atom is 0.315 e. The molecule has 2 rings (SSSR count). The number of anilines is 1. The molecule has 0 saturated carbocycles. The molecule has 22 heavy (non-hydrogen) atoms. The second kappa shape index (κ2) is 8.03. The van der Waals surface area contributed by atoms with Crippen molar-refractivity contribution in [1.29, 1.82) is 0 Å². The molecule has 2 N–H and O–H groups in total. The van der Waals surface area contributed by atoms with E-state index in [1.54, 1.807) is 17.0 Å². The van der Waals surface area contributed by atoms with Crippen molar-refractivity contribution in [3.63, 3.8) is 0 Å². The molecule has 1 fully saturated rings. The number of urea groups is 1. The number of rotatable bonds is 6. The number of hydrogen-bond acceptors (Lipinski definition) is 2. The van der Waals surface area contributed by atoms with E-state index < -0.39 is 0 Å². The number of halogens is 1. The first-order valence-electron chi connectivity index (χ1n) is 7.70. The second-order valence-electron chi connectivity index (χ2n) is 5.49. The van der Waals surface area contributed by atoms with E-state index in [-0.39, 0.29) is 18.0 Å². The fourth-order valence-corrected chi connectivity index (χ4v) is 2.61. The van der Waals surface area contributed by atoms with Crippen LogP contribution in [0.25, 0.3) is 0 Å². The van der Waals surface area contributed by atoms with Gasteiger partial charge >= 0.3 is 6.03 Å². The van der Waals surface area contributed by atoms with Crippen molar-refractivity contribution in [2.24, 2.45) is 0 Å². The fourth-order valence-electron chi connectivity index (χ4n) is 2.49. The van der Waals surface area contributed by atoms with E-state index in [0.29, 0.717) is 24.5 Å². The normalized spacial score (nSPS) is 17.6. The van der Waals surface area contributed by atoms with Crippen LogP contribution in [0.15, 0.2) is 24.3 Å². The number of hydrogen-bond donors (Lipinski definition) is 2. The van der Waals surface area contributed by atoms with Crippen molar-refractivity contribution in [3.8, 4) is 0 Å². The summed E-state index contributed by atoms with van der Waals surface area (Å²) in [6.07, 6.45) is 3.53. The second-order valence-corrected chi connectivity index (χ2v) is 5.93. The first kappa shape index (κ1) is 16.6. The first-order chi connectivity index (χ1) is 10.6. The van der Waals surface area contributed by atoms with Gasteiger partial charge in [-0.25, -0.2) is 4.79 Å². The standard InChI is InChI=1S/C16H22ClN3O2/c1-2-3-4-9-18-16(22)19-13-10-15(21)20(11-13)14-7-5-12(17)6-8-14/h5-8,13H,2-4,9-11H2,1H3,(H2,18,19,22)/t13-/m0/s1. The highest BCUT2D eigenvalue weighted by molar-refractivity contribution is 6.30. The molecule has 0 spiro atoms. The van der Waals surface area contributed by atoms with Crippen LogP contribution in [-0.2, 0) is 4.79 Å². The molecule has 6 heteroatoms. The average molecular weight is 324 g/mol. The molecule has 0 radical (unpaired) electrons. The Morgan fingerprint density at radius 1 is 1.32 bits per heavy atom. The quantitative estimate of drug-likeness (QED) is 0.791. The summed E-state index contributed by atoms with van der Waals surface area (Å²) in [5, 5.41) is 6.32. The summed E-state index contributed by atoms with van der Waals surface area (Å²) >= 11 is 5.85. The molecule has 1 aliphatic rings. The topological polar surface area (TPSA) is 61.4 Å². The van der Waals surface area contributed by atoms with Gasteiger partial charge in [0.2, 0.25) is 5.91 Å². The number of benzene rings is 1. The van der Waals surface area contributed by atoms with Gasteiger partial charge in [0.25, 0.3) is 0 Å². The Labute approximate surface area is 136 Å². The van der Waals surface area contributed by atoms with Crippen LogP contribution in [0.2, 0.25) is 5.02 Å². The highest BCUT2D eigenvalue weighted by Gasteiger charge is 2.31.